The topological polar surface area (TPSA) is 9.23 Å². The molecule has 2 heteroatoms. The minimum atomic E-state index is 0.781. The molecule has 2 rings (SSSR count). The minimum absolute atomic E-state index is 0.781. The summed E-state index contributed by atoms with van der Waals surface area (Å²) in [6.45, 7) is 1.91. The van der Waals surface area contributed by atoms with Crippen molar-refractivity contribution in [1.29, 1.82) is 0 Å². The molecular weight excluding hydrogens is 222 g/mol. The molecule has 0 heterocycles. The first kappa shape index (κ1) is 12.9. The number of quaternary nitrogens is 1. The summed E-state index contributed by atoms with van der Waals surface area (Å²) in [6, 6.07) is 14.6. The van der Waals surface area contributed by atoms with E-state index in [1.54, 1.807) is 0 Å². The molecule has 0 radical (unpaired) electrons. The van der Waals surface area contributed by atoms with Gasteiger partial charge in [0.15, 0.2) is 0 Å². The summed E-state index contributed by atoms with van der Waals surface area (Å²) in [6.07, 6.45) is 1.08. The quantitative estimate of drug-likeness (QED) is 0.579. The van der Waals surface area contributed by atoms with Gasteiger partial charge in [0.2, 0.25) is 0 Å². The van der Waals surface area contributed by atoms with Crippen LogP contribution in [0.25, 0.3) is 10.8 Å². The van der Waals surface area contributed by atoms with Crippen LogP contribution in [0.4, 0.5) is 0 Å². The predicted octanol–water partition coefficient (Wildman–Crippen LogP) is 3.31. The Hall–Kier alpha value is -1.54. The molecule has 0 bridgehead atoms. The van der Waals surface area contributed by atoms with Crippen LogP contribution in [0.3, 0.4) is 0 Å². The molecular formula is C16H22NO+. The first-order chi connectivity index (χ1) is 8.56. The van der Waals surface area contributed by atoms with E-state index < -0.39 is 0 Å². The Kier molecular flexibility index (Phi) is 3.87. The second-order valence-corrected chi connectivity index (χ2v) is 5.69. The average molecular weight is 244 g/mol. The summed E-state index contributed by atoms with van der Waals surface area (Å²) in [5, 5.41) is 2.44. The molecule has 0 aliphatic carbocycles. The number of ether oxygens (including phenoxy) is 1. The molecule has 2 aromatic rings. The minimum Gasteiger partial charge on any atom is -0.493 e. The maximum atomic E-state index is 5.90. The fourth-order valence-electron chi connectivity index (χ4n) is 2.04. The summed E-state index contributed by atoms with van der Waals surface area (Å²) < 4.78 is 6.89. The van der Waals surface area contributed by atoms with Crippen molar-refractivity contribution in [3.8, 4) is 5.75 Å². The molecule has 96 valence electrons. The molecule has 18 heavy (non-hydrogen) atoms. The Labute approximate surface area is 109 Å². The van der Waals surface area contributed by atoms with E-state index in [2.05, 4.69) is 57.5 Å². The van der Waals surface area contributed by atoms with E-state index in [-0.39, 0.29) is 0 Å². The standard InChI is InChI=1S/C16H22NO/c1-17(2,3)12-7-13-18-16-11-6-9-14-8-4-5-10-15(14)16/h4-6,8-11H,7,12-13H2,1-3H3/q+1. The second kappa shape index (κ2) is 5.40. The molecule has 0 amide bonds. The van der Waals surface area contributed by atoms with Gasteiger partial charge in [-0.15, -0.1) is 0 Å². The van der Waals surface area contributed by atoms with Crippen LogP contribution in [0.1, 0.15) is 6.42 Å². The SMILES string of the molecule is C[N+](C)(C)CCCOc1cccc2ccccc12. The van der Waals surface area contributed by atoms with Gasteiger partial charge in [0.25, 0.3) is 0 Å². The van der Waals surface area contributed by atoms with Gasteiger partial charge < -0.3 is 9.22 Å². The van der Waals surface area contributed by atoms with Crippen molar-refractivity contribution in [1.82, 2.24) is 0 Å². The lowest BCUT2D eigenvalue weighted by Gasteiger charge is -2.23. The Bertz CT molecular complexity index is 508. The van der Waals surface area contributed by atoms with Crippen LogP contribution >= 0.6 is 0 Å². The van der Waals surface area contributed by atoms with Crippen molar-refractivity contribution in [2.24, 2.45) is 0 Å². The van der Waals surface area contributed by atoms with Crippen molar-refractivity contribution in [2.75, 3.05) is 34.3 Å². The smallest absolute Gasteiger partial charge is 0.127 e. The molecule has 0 saturated carbocycles. The van der Waals surface area contributed by atoms with Crippen LogP contribution in [0.15, 0.2) is 42.5 Å². The number of nitrogens with zero attached hydrogens (tertiary/aromatic N) is 1. The third-order valence-corrected chi connectivity index (χ3v) is 2.98. The normalized spacial score (nSPS) is 11.7. The zero-order valence-corrected chi connectivity index (χ0v) is 11.5. The molecule has 0 fully saturated rings. The van der Waals surface area contributed by atoms with Gasteiger partial charge in [-0.3, -0.25) is 0 Å². The summed E-state index contributed by atoms with van der Waals surface area (Å²) in [5.41, 5.74) is 0. The maximum absolute atomic E-state index is 5.90. The first-order valence-corrected chi connectivity index (χ1v) is 6.47. The number of rotatable bonds is 5. The second-order valence-electron chi connectivity index (χ2n) is 5.69. The highest BCUT2D eigenvalue weighted by Gasteiger charge is 2.06. The zero-order valence-electron chi connectivity index (χ0n) is 11.5. The van der Waals surface area contributed by atoms with Crippen molar-refractivity contribution in [3.63, 3.8) is 0 Å². The van der Waals surface area contributed by atoms with Gasteiger partial charge in [0, 0.05) is 11.8 Å². The molecule has 0 atom stereocenters. The first-order valence-electron chi connectivity index (χ1n) is 6.47. The van der Waals surface area contributed by atoms with Gasteiger partial charge in [-0.25, -0.2) is 0 Å². The van der Waals surface area contributed by atoms with Crippen molar-refractivity contribution in [2.45, 2.75) is 6.42 Å². The Morgan fingerprint density at radius 3 is 2.44 bits per heavy atom. The average Bonchev–Trinajstić information content (AvgIpc) is 2.33. The lowest BCUT2D eigenvalue weighted by Crippen LogP contribution is -2.35. The van der Waals surface area contributed by atoms with Crippen molar-refractivity contribution >= 4 is 10.8 Å². The summed E-state index contributed by atoms with van der Waals surface area (Å²) in [4.78, 5) is 0. The van der Waals surface area contributed by atoms with Crippen molar-refractivity contribution < 1.29 is 9.22 Å². The Balaban J connectivity index is 2.00. The number of benzene rings is 2. The fourth-order valence-corrected chi connectivity index (χ4v) is 2.04. The number of hydrogen-bond donors (Lipinski definition) is 0. The van der Waals surface area contributed by atoms with Gasteiger partial charge in [0.1, 0.15) is 5.75 Å². The highest BCUT2D eigenvalue weighted by Crippen LogP contribution is 2.25. The highest BCUT2D eigenvalue weighted by atomic mass is 16.5. The maximum Gasteiger partial charge on any atom is 0.127 e. The van der Waals surface area contributed by atoms with E-state index in [4.69, 9.17) is 4.74 Å². The molecule has 2 aromatic carbocycles. The van der Waals surface area contributed by atoms with Crippen LogP contribution in [-0.2, 0) is 0 Å². The van der Waals surface area contributed by atoms with Crippen LogP contribution in [-0.4, -0.2) is 38.8 Å². The van der Waals surface area contributed by atoms with Crippen LogP contribution < -0.4 is 4.74 Å². The van der Waals surface area contributed by atoms with Gasteiger partial charge >= 0.3 is 0 Å². The third-order valence-electron chi connectivity index (χ3n) is 2.98. The van der Waals surface area contributed by atoms with E-state index in [9.17, 15) is 0 Å². The Morgan fingerprint density at radius 1 is 0.944 bits per heavy atom. The van der Waals surface area contributed by atoms with Gasteiger partial charge in [-0.2, -0.15) is 0 Å². The lowest BCUT2D eigenvalue weighted by atomic mass is 10.1. The Morgan fingerprint density at radius 2 is 1.67 bits per heavy atom. The van der Waals surface area contributed by atoms with Crippen molar-refractivity contribution in [3.05, 3.63) is 42.5 Å². The van der Waals surface area contributed by atoms with E-state index in [1.165, 1.54) is 10.8 Å². The largest absolute Gasteiger partial charge is 0.493 e. The molecule has 0 N–H and O–H groups in total. The van der Waals surface area contributed by atoms with Gasteiger partial charge in [0.05, 0.1) is 34.3 Å². The van der Waals surface area contributed by atoms with Crippen LogP contribution in [0, 0.1) is 0 Å². The third kappa shape index (κ3) is 3.47. The monoisotopic (exact) mass is 244 g/mol. The molecule has 0 spiro atoms. The summed E-state index contributed by atoms with van der Waals surface area (Å²) in [7, 11) is 6.62. The number of fused-ring (bicyclic) bond motifs is 1. The van der Waals surface area contributed by atoms with Crippen LogP contribution in [0.5, 0.6) is 5.75 Å². The van der Waals surface area contributed by atoms with E-state index in [0.717, 1.165) is 29.8 Å². The van der Waals surface area contributed by atoms with Gasteiger partial charge in [-0.1, -0.05) is 36.4 Å². The molecule has 0 saturated heterocycles. The summed E-state index contributed by atoms with van der Waals surface area (Å²) >= 11 is 0. The van der Waals surface area contributed by atoms with Crippen LogP contribution in [0.2, 0.25) is 0 Å². The molecule has 0 aromatic heterocycles. The zero-order chi connectivity index (χ0) is 13.0. The lowest BCUT2D eigenvalue weighted by molar-refractivity contribution is -0.870. The molecule has 0 unspecified atom stereocenters. The molecule has 0 aliphatic heterocycles. The fraction of sp³-hybridized carbons (Fsp3) is 0.375. The molecule has 0 aliphatic rings. The highest BCUT2D eigenvalue weighted by molar-refractivity contribution is 5.88. The molecule has 2 nitrogen and oxygen atoms in total. The van der Waals surface area contributed by atoms with E-state index in [0.29, 0.717) is 0 Å². The van der Waals surface area contributed by atoms with E-state index in [1.807, 2.05) is 6.07 Å². The van der Waals surface area contributed by atoms with Gasteiger partial charge in [-0.05, 0) is 11.5 Å². The predicted molar refractivity (Wildman–Crippen MR) is 77.0 cm³/mol. The summed E-state index contributed by atoms with van der Waals surface area (Å²) in [5.74, 6) is 0.995. The van der Waals surface area contributed by atoms with E-state index >= 15 is 0 Å². The number of hydrogen-bond acceptors (Lipinski definition) is 1.